The lowest BCUT2D eigenvalue weighted by atomic mass is 10.1. The Hall–Kier alpha value is -3.06. The zero-order chi connectivity index (χ0) is 19.2. The second-order valence-corrected chi connectivity index (χ2v) is 6.74. The molecule has 2 aromatic carbocycles. The quantitative estimate of drug-likeness (QED) is 0.679. The van der Waals surface area contributed by atoms with E-state index in [0.717, 1.165) is 10.4 Å². The minimum Gasteiger partial charge on any atom is -0.343 e. The minimum atomic E-state index is -0.473. The number of rotatable bonds is 6. The maximum absolute atomic E-state index is 13.2. The molecule has 3 aromatic rings. The van der Waals surface area contributed by atoms with Gasteiger partial charge in [-0.25, -0.2) is 8.78 Å². The number of hydrogen-bond donors (Lipinski definition) is 2. The van der Waals surface area contributed by atoms with Gasteiger partial charge in [-0.15, -0.1) is 11.3 Å². The van der Waals surface area contributed by atoms with Gasteiger partial charge in [-0.3, -0.25) is 9.59 Å². The Morgan fingerprint density at radius 2 is 1.56 bits per heavy atom. The van der Waals surface area contributed by atoms with Gasteiger partial charge in [0.2, 0.25) is 5.91 Å². The predicted molar refractivity (Wildman–Crippen MR) is 99.4 cm³/mol. The van der Waals surface area contributed by atoms with Gasteiger partial charge in [0.05, 0.1) is 12.6 Å². The molecule has 1 atom stereocenters. The normalized spacial score (nSPS) is 11.6. The van der Waals surface area contributed by atoms with Crippen LogP contribution in [0.25, 0.3) is 0 Å². The van der Waals surface area contributed by atoms with E-state index in [0.29, 0.717) is 0 Å². The Kier molecular flexibility index (Phi) is 5.93. The smallest absolute Gasteiger partial charge is 0.251 e. The third-order valence-electron chi connectivity index (χ3n) is 3.85. The molecule has 1 unspecified atom stereocenters. The van der Waals surface area contributed by atoms with Crippen LogP contribution in [0.2, 0.25) is 0 Å². The van der Waals surface area contributed by atoms with E-state index in [4.69, 9.17) is 0 Å². The maximum Gasteiger partial charge on any atom is 0.251 e. The first kappa shape index (κ1) is 18.7. The van der Waals surface area contributed by atoms with Gasteiger partial charge in [0, 0.05) is 10.4 Å². The Labute approximate surface area is 158 Å². The highest BCUT2D eigenvalue weighted by molar-refractivity contribution is 7.10. The van der Waals surface area contributed by atoms with Crippen LogP contribution in [-0.4, -0.2) is 18.4 Å². The van der Waals surface area contributed by atoms with E-state index in [9.17, 15) is 18.4 Å². The Balaban J connectivity index is 1.65. The molecule has 2 N–H and O–H groups in total. The van der Waals surface area contributed by atoms with E-state index in [1.807, 2.05) is 17.5 Å². The van der Waals surface area contributed by atoms with E-state index in [1.165, 1.54) is 47.7 Å². The lowest BCUT2D eigenvalue weighted by Crippen LogP contribution is -2.38. The lowest BCUT2D eigenvalue weighted by molar-refractivity contribution is -0.120. The molecule has 2 amide bonds. The van der Waals surface area contributed by atoms with Gasteiger partial charge in [-0.2, -0.15) is 0 Å². The monoisotopic (exact) mass is 386 g/mol. The van der Waals surface area contributed by atoms with Crippen LogP contribution in [0.5, 0.6) is 0 Å². The molecule has 0 radical (unpaired) electrons. The summed E-state index contributed by atoms with van der Waals surface area (Å²) in [7, 11) is 0. The van der Waals surface area contributed by atoms with E-state index in [1.54, 1.807) is 12.1 Å². The number of benzene rings is 2. The number of hydrogen-bond acceptors (Lipinski definition) is 3. The topological polar surface area (TPSA) is 58.2 Å². The van der Waals surface area contributed by atoms with Crippen molar-refractivity contribution in [3.8, 4) is 0 Å². The molecule has 0 aliphatic rings. The fourth-order valence-electron chi connectivity index (χ4n) is 2.51. The molecular weight excluding hydrogens is 370 g/mol. The first-order valence-electron chi connectivity index (χ1n) is 8.15. The summed E-state index contributed by atoms with van der Waals surface area (Å²) < 4.78 is 26.1. The van der Waals surface area contributed by atoms with Crippen molar-refractivity contribution in [2.75, 3.05) is 6.54 Å². The SMILES string of the molecule is O=C(CNC(=O)c1ccc(F)cc1)NC(c1ccc(F)cc1)c1cccs1. The van der Waals surface area contributed by atoms with Gasteiger partial charge in [0.1, 0.15) is 11.6 Å². The molecule has 0 bridgehead atoms. The van der Waals surface area contributed by atoms with Gasteiger partial charge >= 0.3 is 0 Å². The summed E-state index contributed by atoms with van der Waals surface area (Å²) in [5.74, 6) is -1.67. The lowest BCUT2D eigenvalue weighted by Gasteiger charge is -2.18. The van der Waals surface area contributed by atoms with Crippen molar-refractivity contribution in [2.24, 2.45) is 0 Å². The molecule has 27 heavy (non-hydrogen) atoms. The average Bonchev–Trinajstić information content (AvgIpc) is 3.20. The predicted octanol–water partition coefficient (Wildman–Crippen LogP) is 3.66. The van der Waals surface area contributed by atoms with E-state index in [-0.39, 0.29) is 17.9 Å². The molecule has 0 aliphatic carbocycles. The Morgan fingerprint density at radius 1 is 0.926 bits per heavy atom. The number of thiophene rings is 1. The van der Waals surface area contributed by atoms with Crippen molar-refractivity contribution in [3.05, 3.63) is 93.7 Å². The molecule has 0 saturated carbocycles. The molecule has 1 heterocycles. The molecule has 0 fully saturated rings. The van der Waals surface area contributed by atoms with Crippen molar-refractivity contribution < 1.29 is 18.4 Å². The maximum atomic E-state index is 13.2. The number of halogens is 2. The van der Waals surface area contributed by atoms with Crippen molar-refractivity contribution >= 4 is 23.2 Å². The summed E-state index contributed by atoms with van der Waals surface area (Å²) in [4.78, 5) is 25.2. The van der Waals surface area contributed by atoms with Gasteiger partial charge in [0.25, 0.3) is 5.91 Å². The zero-order valence-corrected chi connectivity index (χ0v) is 14.9. The average molecular weight is 386 g/mol. The van der Waals surface area contributed by atoms with E-state index >= 15 is 0 Å². The Bertz CT molecular complexity index is 910. The van der Waals surface area contributed by atoms with E-state index in [2.05, 4.69) is 10.6 Å². The van der Waals surface area contributed by atoms with Crippen molar-refractivity contribution in [1.82, 2.24) is 10.6 Å². The third kappa shape index (κ3) is 4.98. The van der Waals surface area contributed by atoms with Crippen LogP contribution in [0.15, 0.2) is 66.0 Å². The fraction of sp³-hybridized carbons (Fsp3) is 0.100. The highest BCUT2D eigenvalue weighted by atomic mass is 32.1. The summed E-state index contributed by atoms with van der Waals surface area (Å²) in [5.41, 5.74) is 0.995. The fourth-order valence-corrected chi connectivity index (χ4v) is 3.31. The second kappa shape index (κ2) is 8.55. The molecule has 0 aliphatic heterocycles. The number of amides is 2. The van der Waals surface area contributed by atoms with Gasteiger partial charge in [-0.05, 0) is 53.4 Å². The van der Waals surface area contributed by atoms with Gasteiger partial charge in [0.15, 0.2) is 0 Å². The van der Waals surface area contributed by atoms with Crippen molar-refractivity contribution in [3.63, 3.8) is 0 Å². The largest absolute Gasteiger partial charge is 0.343 e. The molecule has 7 heteroatoms. The Morgan fingerprint density at radius 3 is 2.15 bits per heavy atom. The van der Waals surface area contributed by atoms with Crippen LogP contribution in [0.1, 0.15) is 26.8 Å². The molecule has 1 aromatic heterocycles. The summed E-state index contributed by atoms with van der Waals surface area (Å²) in [6, 6.07) is 14.2. The molecule has 3 rings (SSSR count). The standard InChI is InChI=1S/C20H16F2N2O2S/c21-15-7-3-13(4-8-15)19(17-2-1-11-27-17)24-18(25)12-23-20(26)14-5-9-16(22)10-6-14/h1-11,19H,12H2,(H,23,26)(H,24,25). The molecule has 138 valence electrons. The molecular formula is C20H16F2N2O2S. The first-order valence-corrected chi connectivity index (χ1v) is 9.03. The molecule has 0 spiro atoms. The minimum absolute atomic E-state index is 0.237. The number of carbonyl (C=O) groups excluding carboxylic acids is 2. The highest BCUT2D eigenvalue weighted by Gasteiger charge is 2.18. The zero-order valence-electron chi connectivity index (χ0n) is 14.1. The number of nitrogens with one attached hydrogen (secondary N) is 2. The molecule has 4 nitrogen and oxygen atoms in total. The molecule has 0 saturated heterocycles. The van der Waals surface area contributed by atoms with Crippen LogP contribution in [-0.2, 0) is 4.79 Å². The first-order chi connectivity index (χ1) is 13.0. The third-order valence-corrected chi connectivity index (χ3v) is 4.79. The van der Waals surface area contributed by atoms with Crippen molar-refractivity contribution in [2.45, 2.75) is 6.04 Å². The second-order valence-electron chi connectivity index (χ2n) is 5.76. The summed E-state index contributed by atoms with van der Waals surface area (Å²) in [6.45, 7) is -0.237. The number of carbonyl (C=O) groups is 2. The van der Waals surface area contributed by atoms with Crippen LogP contribution in [0.4, 0.5) is 8.78 Å². The highest BCUT2D eigenvalue weighted by Crippen LogP contribution is 2.26. The summed E-state index contributed by atoms with van der Waals surface area (Å²) in [5, 5.41) is 7.23. The summed E-state index contributed by atoms with van der Waals surface area (Å²) >= 11 is 1.46. The summed E-state index contributed by atoms with van der Waals surface area (Å²) in [6.07, 6.45) is 0. The van der Waals surface area contributed by atoms with Crippen molar-refractivity contribution in [1.29, 1.82) is 0 Å². The van der Waals surface area contributed by atoms with Gasteiger partial charge in [-0.1, -0.05) is 18.2 Å². The van der Waals surface area contributed by atoms with Crippen LogP contribution < -0.4 is 10.6 Å². The van der Waals surface area contributed by atoms with Crippen LogP contribution >= 0.6 is 11.3 Å². The van der Waals surface area contributed by atoms with E-state index < -0.39 is 23.7 Å². The van der Waals surface area contributed by atoms with Crippen LogP contribution in [0.3, 0.4) is 0 Å². The van der Waals surface area contributed by atoms with Crippen LogP contribution in [0, 0.1) is 11.6 Å². The van der Waals surface area contributed by atoms with Gasteiger partial charge < -0.3 is 10.6 Å².